The van der Waals surface area contributed by atoms with Gasteiger partial charge in [0.15, 0.2) is 11.5 Å². The molecule has 0 aliphatic carbocycles. The van der Waals surface area contributed by atoms with Gasteiger partial charge in [-0.1, -0.05) is 18.2 Å². The molecule has 5 nitrogen and oxygen atoms in total. The van der Waals surface area contributed by atoms with Gasteiger partial charge in [-0.05, 0) is 43.5 Å². The Kier molecular flexibility index (Phi) is 3.76. The Labute approximate surface area is 141 Å². The number of para-hydroxylation sites is 1. The second-order valence-electron chi connectivity index (χ2n) is 6.16. The summed E-state index contributed by atoms with van der Waals surface area (Å²) in [5.74, 6) is 1.36. The average molecular weight is 324 g/mol. The molecule has 0 bridgehead atoms. The van der Waals surface area contributed by atoms with Crippen molar-refractivity contribution in [3.05, 3.63) is 48.0 Å². The van der Waals surface area contributed by atoms with Gasteiger partial charge in [0, 0.05) is 24.0 Å². The second kappa shape index (κ2) is 6.07. The van der Waals surface area contributed by atoms with Gasteiger partial charge < -0.3 is 19.7 Å². The Bertz CT molecular complexity index is 775. The van der Waals surface area contributed by atoms with Crippen LogP contribution in [0.15, 0.2) is 42.5 Å². The maximum absolute atomic E-state index is 12.7. The number of benzene rings is 2. The quantitative estimate of drug-likeness (QED) is 0.942. The Balaban J connectivity index is 1.51. The van der Waals surface area contributed by atoms with E-state index in [1.54, 1.807) is 6.07 Å². The van der Waals surface area contributed by atoms with E-state index < -0.39 is 0 Å². The van der Waals surface area contributed by atoms with Gasteiger partial charge in [0.2, 0.25) is 12.7 Å². The van der Waals surface area contributed by atoms with E-state index in [0.717, 1.165) is 30.8 Å². The molecule has 2 aromatic rings. The van der Waals surface area contributed by atoms with Crippen molar-refractivity contribution in [3.63, 3.8) is 0 Å². The average Bonchev–Trinajstić information content (AvgIpc) is 3.08. The molecule has 2 aliphatic heterocycles. The van der Waals surface area contributed by atoms with Crippen LogP contribution in [-0.2, 0) is 11.2 Å². The van der Waals surface area contributed by atoms with E-state index in [1.807, 2.05) is 25.1 Å². The van der Waals surface area contributed by atoms with Crippen molar-refractivity contribution in [2.75, 3.05) is 23.6 Å². The number of anilines is 2. The van der Waals surface area contributed by atoms with Crippen LogP contribution < -0.4 is 19.7 Å². The molecular formula is C19H20N2O3. The van der Waals surface area contributed by atoms with E-state index in [-0.39, 0.29) is 18.7 Å². The van der Waals surface area contributed by atoms with Crippen LogP contribution in [0, 0.1) is 0 Å². The summed E-state index contributed by atoms with van der Waals surface area (Å²) in [5.41, 5.74) is 3.20. The van der Waals surface area contributed by atoms with Gasteiger partial charge >= 0.3 is 0 Å². The van der Waals surface area contributed by atoms with Crippen molar-refractivity contribution in [2.45, 2.75) is 25.8 Å². The van der Waals surface area contributed by atoms with Gasteiger partial charge in [-0.25, -0.2) is 0 Å². The predicted molar refractivity (Wildman–Crippen MR) is 92.8 cm³/mol. The number of hydrogen-bond donors (Lipinski definition) is 1. The van der Waals surface area contributed by atoms with Crippen molar-refractivity contribution in [1.29, 1.82) is 0 Å². The van der Waals surface area contributed by atoms with Crippen LogP contribution >= 0.6 is 0 Å². The number of carbonyl (C=O) groups is 1. The topological polar surface area (TPSA) is 50.8 Å². The lowest BCUT2D eigenvalue weighted by molar-refractivity contribution is -0.117. The zero-order valence-corrected chi connectivity index (χ0v) is 13.6. The van der Waals surface area contributed by atoms with E-state index in [0.29, 0.717) is 11.5 Å². The molecule has 0 saturated carbocycles. The Hall–Kier alpha value is -2.69. The molecule has 4 rings (SSSR count). The smallest absolute Gasteiger partial charge is 0.246 e. The van der Waals surface area contributed by atoms with Crippen LogP contribution in [0.2, 0.25) is 0 Å². The minimum absolute atomic E-state index is 0.0226. The fourth-order valence-corrected chi connectivity index (χ4v) is 3.33. The molecular weight excluding hydrogens is 304 g/mol. The molecule has 24 heavy (non-hydrogen) atoms. The number of aryl methyl sites for hydroxylation is 1. The fourth-order valence-electron chi connectivity index (χ4n) is 3.33. The van der Waals surface area contributed by atoms with Crippen molar-refractivity contribution in [3.8, 4) is 11.5 Å². The van der Waals surface area contributed by atoms with Crippen molar-refractivity contribution in [1.82, 2.24) is 0 Å². The lowest BCUT2D eigenvalue weighted by atomic mass is 10.00. The van der Waals surface area contributed by atoms with Crippen molar-refractivity contribution >= 4 is 17.3 Å². The molecule has 2 heterocycles. The highest BCUT2D eigenvalue weighted by Gasteiger charge is 2.26. The van der Waals surface area contributed by atoms with Gasteiger partial charge in [0.05, 0.1) is 0 Å². The predicted octanol–water partition coefficient (Wildman–Crippen LogP) is 3.20. The Morgan fingerprint density at radius 1 is 1.17 bits per heavy atom. The largest absolute Gasteiger partial charge is 0.454 e. The molecule has 1 unspecified atom stereocenters. The highest BCUT2D eigenvalue weighted by atomic mass is 16.7. The molecule has 0 fully saturated rings. The fraction of sp³-hybridized carbons (Fsp3) is 0.316. The normalized spacial score (nSPS) is 16.5. The van der Waals surface area contributed by atoms with Crippen LogP contribution in [-0.4, -0.2) is 25.3 Å². The summed E-state index contributed by atoms with van der Waals surface area (Å²) in [7, 11) is 0. The van der Waals surface area contributed by atoms with Crippen LogP contribution in [0.1, 0.15) is 18.9 Å². The summed E-state index contributed by atoms with van der Waals surface area (Å²) >= 11 is 0. The number of nitrogens with zero attached hydrogens (tertiary/aromatic N) is 1. The number of ether oxygens (including phenoxy) is 2. The van der Waals surface area contributed by atoms with Crippen LogP contribution in [0.25, 0.3) is 0 Å². The molecule has 1 amide bonds. The molecule has 0 aromatic heterocycles. The van der Waals surface area contributed by atoms with Gasteiger partial charge in [0.25, 0.3) is 0 Å². The third-order valence-electron chi connectivity index (χ3n) is 4.63. The van der Waals surface area contributed by atoms with E-state index >= 15 is 0 Å². The zero-order valence-electron chi connectivity index (χ0n) is 13.6. The summed E-state index contributed by atoms with van der Waals surface area (Å²) in [5, 5.41) is 2.98. The highest BCUT2D eigenvalue weighted by molar-refractivity contribution is 5.97. The monoisotopic (exact) mass is 324 g/mol. The van der Waals surface area contributed by atoms with Gasteiger partial charge in [0.1, 0.15) is 6.04 Å². The first-order valence-electron chi connectivity index (χ1n) is 8.27. The third kappa shape index (κ3) is 2.66. The number of hydrogen-bond acceptors (Lipinski definition) is 4. The lowest BCUT2D eigenvalue weighted by Crippen LogP contribution is -2.44. The second-order valence-corrected chi connectivity index (χ2v) is 6.16. The molecule has 2 aromatic carbocycles. The van der Waals surface area contributed by atoms with Crippen LogP contribution in [0.5, 0.6) is 11.5 Å². The summed E-state index contributed by atoms with van der Waals surface area (Å²) < 4.78 is 10.7. The zero-order chi connectivity index (χ0) is 16.5. The SMILES string of the molecule is CC(C(=O)Nc1ccc2c(c1)OCO2)N1CCCc2ccccc21. The first-order valence-corrected chi connectivity index (χ1v) is 8.27. The van der Waals surface area contributed by atoms with Crippen LogP contribution in [0.3, 0.4) is 0 Å². The van der Waals surface area contributed by atoms with Gasteiger partial charge in [-0.2, -0.15) is 0 Å². The minimum Gasteiger partial charge on any atom is -0.454 e. The maximum atomic E-state index is 12.7. The van der Waals surface area contributed by atoms with E-state index in [4.69, 9.17) is 9.47 Å². The number of amides is 1. The molecule has 0 saturated heterocycles. The first kappa shape index (κ1) is 14.9. The van der Waals surface area contributed by atoms with Crippen LogP contribution in [0.4, 0.5) is 11.4 Å². The molecule has 5 heteroatoms. The molecule has 0 radical (unpaired) electrons. The van der Waals surface area contributed by atoms with Gasteiger partial charge in [-0.15, -0.1) is 0 Å². The summed E-state index contributed by atoms with van der Waals surface area (Å²) in [4.78, 5) is 14.9. The molecule has 1 N–H and O–H groups in total. The summed E-state index contributed by atoms with van der Waals surface area (Å²) in [6.07, 6.45) is 2.14. The van der Waals surface area contributed by atoms with E-state index in [1.165, 1.54) is 5.56 Å². The van der Waals surface area contributed by atoms with E-state index in [9.17, 15) is 4.79 Å². The molecule has 0 spiro atoms. The molecule has 2 aliphatic rings. The van der Waals surface area contributed by atoms with Crippen molar-refractivity contribution < 1.29 is 14.3 Å². The number of rotatable bonds is 3. The molecule has 1 atom stereocenters. The number of nitrogens with one attached hydrogen (secondary N) is 1. The van der Waals surface area contributed by atoms with E-state index in [2.05, 4.69) is 28.4 Å². The highest BCUT2D eigenvalue weighted by Crippen LogP contribution is 2.34. The summed E-state index contributed by atoms with van der Waals surface area (Å²) in [6, 6.07) is 13.5. The summed E-state index contributed by atoms with van der Waals surface area (Å²) in [6.45, 7) is 3.07. The first-order chi connectivity index (χ1) is 11.7. The number of fused-ring (bicyclic) bond motifs is 2. The Morgan fingerprint density at radius 2 is 2.00 bits per heavy atom. The third-order valence-corrected chi connectivity index (χ3v) is 4.63. The Morgan fingerprint density at radius 3 is 2.92 bits per heavy atom. The van der Waals surface area contributed by atoms with Gasteiger partial charge in [-0.3, -0.25) is 4.79 Å². The van der Waals surface area contributed by atoms with Crippen molar-refractivity contribution in [2.24, 2.45) is 0 Å². The lowest BCUT2D eigenvalue weighted by Gasteiger charge is -2.35. The standard InChI is InChI=1S/C19H20N2O3/c1-13(21-10-4-6-14-5-2-3-7-16(14)21)19(22)20-15-8-9-17-18(11-15)24-12-23-17/h2-3,5,7-9,11,13H,4,6,10,12H2,1H3,(H,20,22). The minimum atomic E-state index is -0.239. The molecule has 124 valence electrons. The number of carbonyl (C=O) groups excluding carboxylic acids is 1. The maximum Gasteiger partial charge on any atom is 0.246 e.